The molecule has 0 aliphatic rings. The standard InChI is InChI=1S/C17H9ClF4N2O3S/c18-12-4-10(19)13-14(25)9(16(26)27)6-24(15(13)23-12)8-1-2-11(28)7(3-8)5-17(20,21)22/h1-4,6,28H,5H2,(H,26,27). The normalized spacial score (nSPS) is 11.8. The molecule has 0 spiro atoms. The van der Waals surface area contributed by atoms with E-state index in [4.69, 9.17) is 11.6 Å². The number of carboxylic acids is 1. The number of hydrogen-bond acceptors (Lipinski definition) is 4. The Bertz CT molecular complexity index is 1180. The van der Waals surface area contributed by atoms with Crippen LogP contribution in [-0.2, 0) is 6.42 Å². The number of halogens is 5. The van der Waals surface area contributed by atoms with Gasteiger partial charge in [0.15, 0.2) is 5.65 Å². The van der Waals surface area contributed by atoms with Crippen molar-refractivity contribution in [2.45, 2.75) is 17.5 Å². The van der Waals surface area contributed by atoms with E-state index in [9.17, 15) is 32.3 Å². The first kappa shape index (κ1) is 20.2. The number of nitrogens with zero attached hydrogens (tertiary/aromatic N) is 2. The smallest absolute Gasteiger partial charge is 0.393 e. The molecule has 1 aromatic carbocycles. The second-order valence-corrected chi connectivity index (χ2v) is 6.65. The zero-order valence-electron chi connectivity index (χ0n) is 13.6. The highest BCUT2D eigenvalue weighted by molar-refractivity contribution is 7.80. The van der Waals surface area contributed by atoms with Gasteiger partial charge in [-0.25, -0.2) is 14.2 Å². The molecule has 28 heavy (non-hydrogen) atoms. The lowest BCUT2D eigenvalue weighted by Crippen LogP contribution is -2.20. The van der Waals surface area contributed by atoms with E-state index in [2.05, 4.69) is 17.6 Å². The molecule has 146 valence electrons. The van der Waals surface area contributed by atoms with Gasteiger partial charge in [0, 0.05) is 22.8 Å². The second kappa shape index (κ2) is 7.10. The van der Waals surface area contributed by atoms with Crippen LogP contribution >= 0.6 is 24.2 Å². The molecule has 5 nitrogen and oxygen atoms in total. The van der Waals surface area contributed by atoms with Crippen molar-refractivity contribution in [3.8, 4) is 5.69 Å². The number of fused-ring (bicyclic) bond motifs is 1. The summed E-state index contributed by atoms with van der Waals surface area (Å²) in [5.41, 5.74) is -2.40. The SMILES string of the molecule is O=C(O)c1cn(-c2ccc(S)c(CC(F)(F)F)c2)c2nc(Cl)cc(F)c2c1=O. The van der Waals surface area contributed by atoms with E-state index in [0.29, 0.717) is 0 Å². The van der Waals surface area contributed by atoms with Crippen LogP contribution in [0.1, 0.15) is 15.9 Å². The molecule has 0 saturated heterocycles. The van der Waals surface area contributed by atoms with E-state index in [1.165, 1.54) is 12.1 Å². The molecule has 1 N–H and O–H groups in total. The quantitative estimate of drug-likeness (QED) is 0.368. The van der Waals surface area contributed by atoms with Crippen LogP contribution in [-0.4, -0.2) is 26.8 Å². The van der Waals surface area contributed by atoms with Crippen LogP contribution in [0.25, 0.3) is 16.7 Å². The van der Waals surface area contributed by atoms with Crippen molar-refractivity contribution < 1.29 is 27.5 Å². The number of hydrogen-bond donors (Lipinski definition) is 2. The van der Waals surface area contributed by atoms with Gasteiger partial charge in [-0.1, -0.05) is 11.6 Å². The van der Waals surface area contributed by atoms with Gasteiger partial charge in [-0.3, -0.25) is 4.79 Å². The Hall–Kier alpha value is -2.59. The van der Waals surface area contributed by atoms with Gasteiger partial charge < -0.3 is 9.67 Å². The maximum atomic E-state index is 14.3. The average molecular weight is 433 g/mol. The van der Waals surface area contributed by atoms with E-state index in [-0.39, 0.29) is 26.9 Å². The third kappa shape index (κ3) is 3.83. The molecule has 0 aliphatic carbocycles. The van der Waals surface area contributed by atoms with Gasteiger partial charge in [-0.15, -0.1) is 12.6 Å². The van der Waals surface area contributed by atoms with Crippen molar-refractivity contribution in [3.63, 3.8) is 0 Å². The predicted molar refractivity (Wildman–Crippen MR) is 96.3 cm³/mol. The van der Waals surface area contributed by atoms with Gasteiger partial charge in [0.25, 0.3) is 0 Å². The Morgan fingerprint density at radius 1 is 1.29 bits per heavy atom. The molecule has 3 rings (SSSR count). The summed E-state index contributed by atoms with van der Waals surface area (Å²) >= 11 is 9.73. The topological polar surface area (TPSA) is 72.2 Å². The Morgan fingerprint density at radius 3 is 2.57 bits per heavy atom. The number of rotatable bonds is 3. The van der Waals surface area contributed by atoms with Gasteiger partial charge in [-0.2, -0.15) is 13.2 Å². The fourth-order valence-corrected chi connectivity index (χ4v) is 3.06. The maximum Gasteiger partial charge on any atom is 0.393 e. The number of pyridine rings is 2. The highest BCUT2D eigenvalue weighted by Gasteiger charge is 2.29. The van der Waals surface area contributed by atoms with E-state index < -0.39 is 40.8 Å². The highest BCUT2D eigenvalue weighted by Crippen LogP contribution is 2.28. The van der Waals surface area contributed by atoms with Crippen molar-refractivity contribution in [2.24, 2.45) is 0 Å². The van der Waals surface area contributed by atoms with Crippen LogP contribution in [0.5, 0.6) is 0 Å². The van der Waals surface area contributed by atoms with E-state index in [1.807, 2.05) is 0 Å². The van der Waals surface area contributed by atoms with Crippen molar-refractivity contribution in [3.05, 3.63) is 62.8 Å². The average Bonchev–Trinajstić information content (AvgIpc) is 2.55. The molecular weight excluding hydrogens is 424 g/mol. The molecule has 3 aromatic rings. The number of aromatic carboxylic acids is 1. The van der Waals surface area contributed by atoms with Crippen LogP contribution < -0.4 is 5.43 Å². The first-order valence-corrected chi connectivity index (χ1v) is 8.34. The van der Waals surface area contributed by atoms with Gasteiger partial charge in [0.2, 0.25) is 5.43 Å². The summed E-state index contributed by atoms with van der Waals surface area (Å²) in [5, 5.41) is 8.29. The molecule has 0 aliphatic heterocycles. The molecule has 0 bridgehead atoms. The number of aromatic nitrogens is 2. The Balaban J connectivity index is 2.38. The Kier molecular flexibility index (Phi) is 5.11. The maximum absolute atomic E-state index is 14.3. The third-order valence-corrected chi connectivity index (χ3v) is 4.47. The number of carboxylic acid groups (broad SMARTS) is 1. The van der Waals surface area contributed by atoms with Crippen LogP contribution in [0, 0.1) is 5.82 Å². The van der Waals surface area contributed by atoms with Crippen molar-refractivity contribution in [2.75, 3.05) is 0 Å². The predicted octanol–water partition coefficient (Wildman–Crippen LogP) is 4.27. The summed E-state index contributed by atoms with van der Waals surface area (Å²) in [6.07, 6.45) is -4.94. The molecule has 0 saturated carbocycles. The van der Waals surface area contributed by atoms with Crippen molar-refractivity contribution in [1.82, 2.24) is 9.55 Å². The number of thiol groups is 1. The molecular formula is C17H9ClF4N2O3S. The zero-order valence-corrected chi connectivity index (χ0v) is 15.2. The summed E-state index contributed by atoms with van der Waals surface area (Å²) in [6.45, 7) is 0. The van der Waals surface area contributed by atoms with Gasteiger partial charge in [0.1, 0.15) is 21.9 Å². The summed E-state index contributed by atoms with van der Waals surface area (Å²) in [5.74, 6) is -2.73. The highest BCUT2D eigenvalue weighted by atomic mass is 35.5. The Morgan fingerprint density at radius 2 is 1.96 bits per heavy atom. The molecule has 11 heteroatoms. The molecule has 0 unspecified atom stereocenters. The van der Waals surface area contributed by atoms with Gasteiger partial charge in [0.05, 0.1) is 6.42 Å². The molecule has 0 fully saturated rings. The lowest BCUT2D eigenvalue weighted by molar-refractivity contribution is -0.127. The Labute approximate surface area is 164 Å². The number of alkyl halides is 3. The monoisotopic (exact) mass is 432 g/mol. The van der Waals surface area contributed by atoms with Crippen LogP contribution in [0.3, 0.4) is 0 Å². The summed E-state index contributed by atoms with van der Waals surface area (Å²) < 4.78 is 53.7. The lowest BCUT2D eigenvalue weighted by atomic mass is 10.1. The van der Waals surface area contributed by atoms with Crippen LogP contribution in [0.4, 0.5) is 17.6 Å². The minimum absolute atomic E-state index is 0.0266. The number of benzene rings is 1. The largest absolute Gasteiger partial charge is 0.477 e. The van der Waals surface area contributed by atoms with Crippen LogP contribution in [0.15, 0.2) is 40.2 Å². The minimum atomic E-state index is -4.51. The summed E-state index contributed by atoms with van der Waals surface area (Å²) in [4.78, 5) is 27.6. The van der Waals surface area contributed by atoms with E-state index in [0.717, 1.165) is 22.9 Å². The van der Waals surface area contributed by atoms with Crippen molar-refractivity contribution in [1.29, 1.82) is 0 Å². The molecule has 0 amide bonds. The first-order valence-electron chi connectivity index (χ1n) is 7.51. The summed E-state index contributed by atoms with van der Waals surface area (Å²) in [7, 11) is 0. The minimum Gasteiger partial charge on any atom is -0.477 e. The van der Waals surface area contributed by atoms with Gasteiger partial charge in [-0.05, 0) is 23.8 Å². The van der Waals surface area contributed by atoms with Crippen molar-refractivity contribution >= 4 is 41.2 Å². The molecule has 0 radical (unpaired) electrons. The molecule has 2 aromatic heterocycles. The van der Waals surface area contributed by atoms with E-state index >= 15 is 0 Å². The van der Waals surface area contributed by atoms with Gasteiger partial charge >= 0.3 is 12.1 Å². The molecule has 0 atom stereocenters. The third-order valence-electron chi connectivity index (χ3n) is 3.84. The summed E-state index contributed by atoms with van der Waals surface area (Å²) in [6, 6.07) is 4.45. The zero-order chi connectivity index (χ0) is 20.8. The lowest BCUT2D eigenvalue weighted by Gasteiger charge is -2.15. The molecule has 2 heterocycles. The number of carbonyl (C=O) groups is 1. The fourth-order valence-electron chi connectivity index (χ4n) is 2.67. The van der Waals surface area contributed by atoms with E-state index in [1.54, 1.807) is 0 Å². The first-order chi connectivity index (χ1) is 13.0. The van der Waals surface area contributed by atoms with Crippen LogP contribution in [0.2, 0.25) is 5.15 Å². The fraction of sp³-hybridized carbons (Fsp3) is 0.118. The second-order valence-electron chi connectivity index (χ2n) is 5.78.